The summed E-state index contributed by atoms with van der Waals surface area (Å²) in [6, 6.07) is 10.3. The summed E-state index contributed by atoms with van der Waals surface area (Å²) in [6.07, 6.45) is 0. The fourth-order valence-electron chi connectivity index (χ4n) is 2.03. The zero-order chi connectivity index (χ0) is 14.0. The van der Waals surface area contributed by atoms with Gasteiger partial charge in [-0.1, -0.05) is 37.9 Å². The molecule has 2 aromatic carbocycles. The summed E-state index contributed by atoms with van der Waals surface area (Å²) in [4.78, 5) is 0. The second-order valence-electron chi connectivity index (χ2n) is 4.30. The Morgan fingerprint density at radius 3 is 2.32 bits per heavy atom. The van der Waals surface area contributed by atoms with Crippen molar-refractivity contribution in [3.8, 4) is 0 Å². The van der Waals surface area contributed by atoms with Gasteiger partial charge in [0.05, 0.1) is 6.04 Å². The molecule has 0 heterocycles. The van der Waals surface area contributed by atoms with Gasteiger partial charge in [-0.2, -0.15) is 0 Å². The molecule has 5 heteroatoms. The van der Waals surface area contributed by atoms with E-state index in [1.807, 2.05) is 25.1 Å². The van der Waals surface area contributed by atoms with Crippen LogP contribution in [0.3, 0.4) is 0 Å². The first kappa shape index (κ1) is 14.7. The number of benzene rings is 2. The standard InChI is InChI=1S/C14H13Br2FN2/c1-8-2-3-12(17)7-13(8)14(19-18)9-4-10(15)6-11(16)5-9/h2-7,14,19H,18H2,1H3. The van der Waals surface area contributed by atoms with Crippen LogP contribution in [0.15, 0.2) is 45.3 Å². The maximum absolute atomic E-state index is 13.4. The molecule has 0 aromatic heterocycles. The second kappa shape index (κ2) is 6.13. The van der Waals surface area contributed by atoms with Gasteiger partial charge in [-0.05, 0) is 53.9 Å². The van der Waals surface area contributed by atoms with E-state index in [-0.39, 0.29) is 11.9 Å². The van der Waals surface area contributed by atoms with Crippen molar-refractivity contribution in [1.82, 2.24) is 5.43 Å². The van der Waals surface area contributed by atoms with Crippen molar-refractivity contribution < 1.29 is 4.39 Å². The third kappa shape index (κ3) is 3.42. The van der Waals surface area contributed by atoms with E-state index < -0.39 is 0 Å². The Morgan fingerprint density at radius 2 is 1.74 bits per heavy atom. The smallest absolute Gasteiger partial charge is 0.123 e. The summed E-state index contributed by atoms with van der Waals surface area (Å²) in [5.41, 5.74) is 5.52. The van der Waals surface area contributed by atoms with Crippen LogP contribution in [0, 0.1) is 12.7 Å². The summed E-state index contributed by atoms with van der Waals surface area (Å²) in [6.45, 7) is 1.94. The molecule has 0 saturated heterocycles. The molecule has 100 valence electrons. The second-order valence-corrected chi connectivity index (χ2v) is 6.13. The molecule has 3 N–H and O–H groups in total. The van der Waals surface area contributed by atoms with Crippen LogP contribution in [-0.2, 0) is 0 Å². The van der Waals surface area contributed by atoms with Crippen molar-refractivity contribution in [3.05, 3.63) is 67.9 Å². The molecule has 0 radical (unpaired) electrons. The van der Waals surface area contributed by atoms with E-state index in [0.29, 0.717) is 0 Å². The van der Waals surface area contributed by atoms with Crippen molar-refractivity contribution in [3.63, 3.8) is 0 Å². The van der Waals surface area contributed by atoms with Crippen LogP contribution in [0.1, 0.15) is 22.7 Å². The minimum atomic E-state index is -0.269. The highest BCUT2D eigenvalue weighted by Crippen LogP contribution is 2.29. The Kier molecular flexibility index (Phi) is 4.73. The molecule has 0 bridgehead atoms. The molecule has 0 aliphatic heterocycles. The highest BCUT2D eigenvalue weighted by Gasteiger charge is 2.16. The molecule has 0 spiro atoms. The van der Waals surface area contributed by atoms with Gasteiger partial charge >= 0.3 is 0 Å². The SMILES string of the molecule is Cc1ccc(F)cc1C(NN)c1cc(Br)cc(Br)c1. The van der Waals surface area contributed by atoms with Crippen LogP contribution in [0.25, 0.3) is 0 Å². The number of hydrogen-bond donors (Lipinski definition) is 2. The molecule has 2 aromatic rings. The van der Waals surface area contributed by atoms with Crippen LogP contribution in [0.2, 0.25) is 0 Å². The maximum Gasteiger partial charge on any atom is 0.123 e. The third-order valence-corrected chi connectivity index (χ3v) is 3.85. The largest absolute Gasteiger partial charge is 0.271 e. The van der Waals surface area contributed by atoms with Crippen molar-refractivity contribution in [2.45, 2.75) is 13.0 Å². The van der Waals surface area contributed by atoms with Crippen LogP contribution in [0.5, 0.6) is 0 Å². The number of rotatable bonds is 3. The fraction of sp³-hybridized carbons (Fsp3) is 0.143. The van der Waals surface area contributed by atoms with Gasteiger partial charge in [0, 0.05) is 8.95 Å². The minimum Gasteiger partial charge on any atom is -0.271 e. The molecule has 0 aliphatic carbocycles. The highest BCUT2D eigenvalue weighted by molar-refractivity contribution is 9.11. The summed E-state index contributed by atoms with van der Waals surface area (Å²) < 4.78 is 15.3. The number of halogens is 3. The van der Waals surface area contributed by atoms with Gasteiger partial charge in [-0.25, -0.2) is 9.82 Å². The van der Waals surface area contributed by atoms with Crippen molar-refractivity contribution >= 4 is 31.9 Å². The van der Waals surface area contributed by atoms with Crippen LogP contribution >= 0.6 is 31.9 Å². The number of hydrogen-bond acceptors (Lipinski definition) is 2. The van der Waals surface area contributed by atoms with Gasteiger partial charge in [0.15, 0.2) is 0 Å². The number of aryl methyl sites for hydroxylation is 1. The van der Waals surface area contributed by atoms with Gasteiger partial charge in [-0.3, -0.25) is 5.84 Å². The molecular weight excluding hydrogens is 375 g/mol. The van der Waals surface area contributed by atoms with Gasteiger partial charge in [0.1, 0.15) is 5.82 Å². The van der Waals surface area contributed by atoms with E-state index in [0.717, 1.165) is 25.6 Å². The predicted octanol–water partition coefficient (Wildman–Crippen LogP) is 4.21. The predicted molar refractivity (Wildman–Crippen MR) is 82.1 cm³/mol. The average Bonchev–Trinajstić information content (AvgIpc) is 2.33. The first-order chi connectivity index (χ1) is 9.01. The van der Waals surface area contributed by atoms with Crippen LogP contribution in [0.4, 0.5) is 4.39 Å². The first-order valence-corrected chi connectivity index (χ1v) is 7.28. The first-order valence-electron chi connectivity index (χ1n) is 5.69. The lowest BCUT2D eigenvalue weighted by atomic mass is 9.95. The third-order valence-electron chi connectivity index (χ3n) is 2.94. The minimum absolute atomic E-state index is 0.260. The van der Waals surface area contributed by atoms with E-state index in [9.17, 15) is 4.39 Å². The van der Waals surface area contributed by atoms with Gasteiger partial charge in [0.2, 0.25) is 0 Å². The molecule has 19 heavy (non-hydrogen) atoms. The molecule has 2 rings (SSSR count). The Hall–Kier alpha value is -0.750. The molecule has 0 fully saturated rings. The lowest BCUT2D eigenvalue weighted by Gasteiger charge is -2.20. The lowest BCUT2D eigenvalue weighted by Crippen LogP contribution is -2.29. The zero-order valence-corrected chi connectivity index (χ0v) is 13.4. The molecular formula is C14H13Br2FN2. The monoisotopic (exact) mass is 386 g/mol. The fourth-order valence-corrected chi connectivity index (χ4v) is 3.36. The average molecular weight is 388 g/mol. The molecule has 0 amide bonds. The van der Waals surface area contributed by atoms with Crippen LogP contribution in [-0.4, -0.2) is 0 Å². The summed E-state index contributed by atoms with van der Waals surface area (Å²) in [5.74, 6) is 5.38. The van der Waals surface area contributed by atoms with E-state index in [1.165, 1.54) is 12.1 Å². The topological polar surface area (TPSA) is 38.0 Å². The Bertz CT molecular complexity index is 582. The van der Waals surface area contributed by atoms with E-state index in [1.54, 1.807) is 6.07 Å². The normalized spacial score (nSPS) is 12.5. The Balaban J connectivity index is 2.52. The summed E-state index contributed by atoms with van der Waals surface area (Å²) in [7, 11) is 0. The summed E-state index contributed by atoms with van der Waals surface area (Å²) in [5, 5.41) is 0. The maximum atomic E-state index is 13.4. The van der Waals surface area contributed by atoms with Gasteiger partial charge in [0.25, 0.3) is 0 Å². The van der Waals surface area contributed by atoms with Crippen molar-refractivity contribution in [2.75, 3.05) is 0 Å². The Labute approximate surface area is 128 Å². The van der Waals surface area contributed by atoms with E-state index in [2.05, 4.69) is 37.3 Å². The molecule has 1 unspecified atom stereocenters. The number of nitrogens with two attached hydrogens (primary N) is 1. The zero-order valence-electron chi connectivity index (χ0n) is 10.3. The highest BCUT2D eigenvalue weighted by atomic mass is 79.9. The quantitative estimate of drug-likeness (QED) is 0.611. The number of hydrazine groups is 1. The number of nitrogens with one attached hydrogen (secondary N) is 1. The van der Waals surface area contributed by atoms with E-state index in [4.69, 9.17) is 5.84 Å². The van der Waals surface area contributed by atoms with Gasteiger partial charge in [-0.15, -0.1) is 0 Å². The van der Waals surface area contributed by atoms with Gasteiger partial charge < -0.3 is 0 Å². The molecule has 0 aliphatic rings. The van der Waals surface area contributed by atoms with E-state index >= 15 is 0 Å². The Morgan fingerprint density at radius 1 is 1.11 bits per heavy atom. The van der Waals surface area contributed by atoms with Crippen LogP contribution < -0.4 is 11.3 Å². The molecule has 0 saturated carbocycles. The van der Waals surface area contributed by atoms with Crippen molar-refractivity contribution in [1.29, 1.82) is 0 Å². The molecule has 2 nitrogen and oxygen atoms in total. The van der Waals surface area contributed by atoms with Crippen molar-refractivity contribution in [2.24, 2.45) is 5.84 Å². The summed E-state index contributed by atoms with van der Waals surface area (Å²) >= 11 is 6.89. The lowest BCUT2D eigenvalue weighted by molar-refractivity contribution is 0.602. The molecule has 1 atom stereocenters.